The van der Waals surface area contributed by atoms with Crippen molar-refractivity contribution in [3.8, 4) is 0 Å². The highest BCUT2D eigenvalue weighted by Gasteiger charge is 2.35. The van der Waals surface area contributed by atoms with Crippen molar-refractivity contribution in [3.63, 3.8) is 0 Å². The predicted molar refractivity (Wildman–Crippen MR) is 68.4 cm³/mol. The van der Waals surface area contributed by atoms with Gasteiger partial charge in [-0.3, -0.25) is 4.79 Å². The molecule has 1 N–H and O–H groups in total. The van der Waals surface area contributed by atoms with Gasteiger partial charge < -0.3 is 10.0 Å². The van der Waals surface area contributed by atoms with Crippen LogP contribution in [0.15, 0.2) is 24.3 Å². The third-order valence-corrected chi connectivity index (χ3v) is 3.53. The molecule has 0 aromatic heterocycles. The molecule has 3 heteroatoms. The van der Waals surface area contributed by atoms with Crippen LogP contribution in [0.2, 0.25) is 0 Å². The highest BCUT2D eigenvalue weighted by Crippen LogP contribution is 2.35. The molecule has 1 saturated heterocycles. The van der Waals surface area contributed by atoms with Gasteiger partial charge in [-0.25, -0.2) is 0 Å². The maximum absolute atomic E-state index is 10.8. The molecular weight excluding hydrogens is 214 g/mol. The fraction of sp³-hybridized carbons (Fsp3) is 0.500. The summed E-state index contributed by atoms with van der Waals surface area (Å²) in [5, 5.41) is 8.91. The third-order valence-electron chi connectivity index (χ3n) is 3.53. The molecule has 1 aromatic rings. The van der Waals surface area contributed by atoms with Crippen molar-refractivity contribution in [2.24, 2.45) is 5.41 Å². The number of benzene rings is 1. The van der Waals surface area contributed by atoms with Gasteiger partial charge in [0, 0.05) is 18.8 Å². The van der Waals surface area contributed by atoms with E-state index in [1.165, 1.54) is 11.3 Å². The molecule has 1 aliphatic heterocycles. The van der Waals surface area contributed by atoms with Crippen molar-refractivity contribution >= 4 is 11.7 Å². The van der Waals surface area contributed by atoms with Gasteiger partial charge >= 0.3 is 5.97 Å². The van der Waals surface area contributed by atoms with Crippen molar-refractivity contribution in [2.75, 3.05) is 18.0 Å². The first-order valence-electron chi connectivity index (χ1n) is 6.02. The van der Waals surface area contributed by atoms with Crippen molar-refractivity contribution < 1.29 is 9.90 Å². The number of hydrogen-bond donors (Lipinski definition) is 1. The van der Waals surface area contributed by atoms with E-state index in [0.29, 0.717) is 0 Å². The van der Waals surface area contributed by atoms with Gasteiger partial charge in [0.05, 0.1) is 6.42 Å². The average Bonchev–Trinajstić information content (AvgIpc) is 2.60. The summed E-state index contributed by atoms with van der Waals surface area (Å²) >= 11 is 0. The minimum Gasteiger partial charge on any atom is -0.481 e. The van der Waals surface area contributed by atoms with Crippen LogP contribution in [0.1, 0.15) is 25.3 Å². The fourth-order valence-corrected chi connectivity index (χ4v) is 2.51. The zero-order valence-corrected chi connectivity index (χ0v) is 10.4. The van der Waals surface area contributed by atoms with Crippen LogP contribution in [0.5, 0.6) is 0 Å². The number of carbonyl (C=O) groups is 1. The minimum atomic E-state index is -0.696. The fourth-order valence-electron chi connectivity index (χ4n) is 2.51. The van der Waals surface area contributed by atoms with E-state index in [2.05, 4.69) is 43.0 Å². The maximum Gasteiger partial charge on any atom is 0.303 e. The number of carboxylic acid groups (broad SMARTS) is 1. The Labute approximate surface area is 102 Å². The van der Waals surface area contributed by atoms with E-state index >= 15 is 0 Å². The van der Waals surface area contributed by atoms with Crippen molar-refractivity contribution in [1.82, 2.24) is 0 Å². The third kappa shape index (κ3) is 2.78. The first-order valence-corrected chi connectivity index (χ1v) is 6.02. The molecule has 92 valence electrons. The molecule has 0 amide bonds. The Kier molecular flexibility index (Phi) is 3.09. The maximum atomic E-state index is 10.8. The van der Waals surface area contributed by atoms with Gasteiger partial charge in [0.25, 0.3) is 0 Å². The van der Waals surface area contributed by atoms with E-state index in [1.54, 1.807) is 0 Å². The highest BCUT2D eigenvalue weighted by molar-refractivity contribution is 5.68. The molecule has 0 bridgehead atoms. The smallest absolute Gasteiger partial charge is 0.303 e. The number of anilines is 1. The molecule has 0 radical (unpaired) electrons. The Morgan fingerprint density at radius 1 is 1.41 bits per heavy atom. The average molecular weight is 233 g/mol. The Hall–Kier alpha value is -1.51. The van der Waals surface area contributed by atoms with Gasteiger partial charge in [-0.2, -0.15) is 0 Å². The Bertz CT molecular complexity index is 413. The van der Waals surface area contributed by atoms with Crippen LogP contribution in [-0.4, -0.2) is 24.2 Å². The normalized spacial score (nSPS) is 24.0. The summed E-state index contributed by atoms with van der Waals surface area (Å²) in [4.78, 5) is 13.1. The van der Waals surface area contributed by atoms with Crippen LogP contribution in [0.25, 0.3) is 0 Å². The second-order valence-electron chi connectivity index (χ2n) is 5.39. The predicted octanol–water partition coefficient (Wildman–Crippen LogP) is 2.69. The van der Waals surface area contributed by atoms with E-state index in [0.717, 1.165) is 19.5 Å². The van der Waals surface area contributed by atoms with Crippen molar-refractivity contribution in [3.05, 3.63) is 29.8 Å². The second kappa shape index (κ2) is 4.40. The standard InChI is InChI=1S/C14H19NO2/c1-11-3-5-12(6-4-11)15-8-7-14(2,10-15)9-13(16)17/h3-6H,7-10H2,1-2H3,(H,16,17). The molecule has 1 atom stereocenters. The molecule has 1 unspecified atom stereocenters. The molecule has 2 rings (SSSR count). The van der Waals surface area contributed by atoms with E-state index in [4.69, 9.17) is 5.11 Å². The van der Waals surface area contributed by atoms with E-state index in [1.807, 2.05) is 0 Å². The lowest BCUT2D eigenvalue weighted by Gasteiger charge is -2.24. The second-order valence-corrected chi connectivity index (χ2v) is 5.39. The molecule has 3 nitrogen and oxygen atoms in total. The number of aliphatic carboxylic acids is 1. The van der Waals surface area contributed by atoms with Gasteiger partial charge in [-0.1, -0.05) is 24.6 Å². The Morgan fingerprint density at radius 3 is 2.65 bits per heavy atom. The lowest BCUT2D eigenvalue weighted by Crippen LogP contribution is -2.26. The Balaban J connectivity index is 2.07. The quantitative estimate of drug-likeness (QED) is 0.872. The number of hydrogen-bond acceptors (Lipinski definition) is 2. The summed E-state index contributed by atoms with van der Waals surface area (Å²) < 4.78 is 0. The van der Waals surface area contributed by atoms with Gasteiger partial charge in [0.1, 0.15) is 0 Å². The molecular formula is C14H19NO2. The number of rotatable bonds is 3. The first kappa shape index (κ1) is 12.0. The summed E-state index contributed by atoms with van der Waals surface area (Å²) in [6.07, 6.45) is 1.21. The Morgan fingerprint density at radius 2 is 2.06 bits per heavy atom. The number of aryl methyl sites for hydroxylation is 1. The van der Waals surface area contributed by atoms with Gasteiger partial charge in [0.2, 0.25) is 0 Å². The topological polar surface area (TPSA) is 40.5 Å². The van der Waals surface area contributed by atoms with Crippen LogP contribution in [0.4, 0.5) is 5.69 Å². The monoisotopic (exact) mass is 233 g/mol. The summed E-state index contributed by atoms with van der Waals surface area (Å²) in [6, 6.07) is 8.42. The van der Waals surface area contributed by atoms with Crippen LogP contribution in [-0.2, 0) is 4.79 Å². The molecule has 0 aliphatic carbocycles. The summed E-state index contributed by atoms with van der Waals surface area (Å²) in [5.74, 6) is -0.696. The van der Waals surface area contributed by atoms with E-state index in [-0.39, 0.29) is 11.8 Å². The molecule has 1 aliphatic rings. The van der Waals surface area contributed by atoms with Gasteiger partial charge in [-0.15, -0.1) is 0 Å². The van der Waals surface area contributed by atoms with Crippen LogP contribution in [0.3, 0.4) is 0 Å². The lowest BCUT2D eigenvalue weighted by molar-refractivity contribution is -0.139. The summed E-state index contributed by atoms with van der Waals surface area (Å²) in [5.41, 5.74) is 2.36. The SMILES string of the molecule is Cc1ccc(N2CCC(C)(CC(=O)O)C2)cc1. The van der Waals surface area contributed by atoms with Crippen molar-refractivity contribution in [1.29, 1.82) is 0 Å². The lowest BCUT2D eigenvalue weighted by atomic mass is 9.86. The molecule has 1 aromatic carbocycles. The zero-order chi connectivity index (χ0) is 12.5. The van der Waals surface area contributed by atoms with Crippen LogP contribution >= 0.6 is 0 Å². The molecule has 1 fully saturated rings. The molecule has 1 heterocycles. The minimum absolute atomic E-state index is 0.0866. The van der Waals surface area contributed by atoms with Gasteiger partial charge in [0.15, 0.2) is 0 Å². The summed E-state index contributed by atoms with van der Waals surface area (Å²) in [7, 11) is 0. The van der Waals surface area contributed by atoms with Gasteiger partial charge in [-0.05, 0) is 30.9 Å². The number of carboxylic acids is 1. The zero-order valence-electron chi connectivity index (χ0n) is 10.4. The molecule has 0 saturated carbocycles. The molecule has 0 spiro atoms. The number of nitrogens with zero attached hydrogens (tertiary/aromatic N) is 1. The largest absolute Gasteiger partial charge is 0.481 e. The highest BCUT2D eigenvalue weighted by atomic mass is 16.4. The van der Waals surface area contributed by atoms with Crippen LogP contribution in [0, 0.1) is 12.3 Å². The van der Waals surface area contributed by atoms with Crippen molar-refractivity contribution in [2.45, 2.75) is 26.7 Å². The van der Waals surface area contributed by atoms with E-state index in [9.17, 15) is 4.79 Å². The van der Waals surface area contributed by atoms with Crippen LogP contribution < -0.4 is 4.90 Å². The molecule has 17 heavy (non-hydrogen) atoms. The summed E-state index contributed by atoms with van der Waals surface area (Å²) in [6.45, 7) is 5.92. The first-order chi connectivity index (χ1) is 7.98. The van der Waals surface area contributed by atoms with E-state index < -0.39 is 5.97 Å².